The van der Waals surface area contributed by atoms with Crippen molar-refractivity contribution in [2.45, 2.75) is 19.8 Å². The molecule has 3 rings (SSSR count). The van der Waals surface area contributed by atoms with Crippen LogP contribution in [0.1, 0.15) is 25.3 Å². The minimum absolute atomic E-state index is 0.00907. The molecule has 1 heterocycles. The molecule has 0 spiro atoms. The first-order valence-electron chi connectivity index (χ1n) is 8.91. The Hall–Kier alpha value is -3.79. The summed E-state index contributed by atoms with van der Waals surface area (Å²) >= 11 is 0. The third-order valence-corrected chi connectivity index (χ3v) is 4.62. The average Bonchev–Trinajstić information content (AvgIpc) is 2.68. The molecule has 7 heteroatoms. The number of ether oxygens (including phenoxy) is 2. The molecule has 1 aliphatic rings. The van der Waals surface area contributed by atoms with E-state index in [1.54, 1.807) is 38.1 Å². The van der Waals surface area contributed by atoms with Crippen molar-refractivity contribution in [1.29, 1.82) is 5.26 Å². The van der Waals surface area contributed by atoms with Crippen molar-refractivity contribution in [3.05, 3.63) is 76.6 Å². The Kier molecular flexibility index (Phi) is 5.55. The summed E-state index contributed by atoms with van der Waals surface area (Å²) in [5, 5.41) is 20.2. The maximum absolute atomic E-state index is 13.3. The number of halogens is 1. The molecule has 0 saturated heterocycles. The molecule has 0 bridgehead atoms. The fourth-order valence-corrected chi connectivity index (χ4v) is 3.27. The van der Waals surface area contributed by atoms with Gasteiger partial charge in [-0.2, -0.15) is 5.26 Å². The van der Waals surface area contributed by atoms with E-state index in [0.29, 0.717) is 11.1 Å². The second-order valence-corrected chi connectivity index (χ2v) is 6.40. The molecule has 0 aromatic heterocycles. The van der Waals surface area contributed by atoms with Crippen molar-refractivity contribution < 1.29 is 23.8 Å². The molecule has 1 aliphatic heterocycles. The maximum Gasteiger partial charge on any atom is 0.338 e. The fourth-order valence-electron chi connectivity index (χ4n) is 3.27. The smallest absolute Gasteiger partial charge is 0.338 e. The largest absolute Gasteiger partial charge is 0.508 e. The van der Waals surface area contributed by atoms with Gasteiger partial charge >= 0.3 is 5.97 Å². The van der Waals surface area contributed by atoms with Crippen molar-refractivity contribution in [2.75, 3.05) is 6.61 Å². The molecule has 0 fully saturated rings. The fraction of sp³-hybridized carbons (Fsp3) is 0.182. The van der Waals surface area contributed by atoms with E-state index in [2.05, 4.69) is 0 Å². The molecule has 1 atom stereocenters. The van der Waals surface area contributed by atoms with Gasteiger partial charge in [-0.3, -0.25) is 0 Å². The summed E-state index contributed by atoms with van der Waals surface area (Å²) in [5.74, 6) is -2.08. The second-order valence-electron chi connectivity index (χ2n) is 6.40. The number of allylic oxidation sites excluding steroid dienone is 2. The third kappa shape index (κ3) is 3.78. The van der Waals surface area contributed by atoms with Crippen molar-refractivity contribution in [3.8, 4) is 22.9 Å². The van der Waals surface area contributed by atoms with Gasteiger partial charge < -0.3 is 20.3 Å². The summed E-state index contributed by atoms with van der Waals surface area (Å²) in [7, 11) is 0. The Morgan fingerprint density at radius 3 is 2.55 bits per heavy atom. The van der Waals surface area contributed by atoms with Gasteiger partial charge in [-0.15, -0.1) is 0 Å². The van der Waals surface area contributed by atoms with Gasteiger partial charge in [-0.05, 0) is 49.2 Å². The van der Waals surface area contributed by atoms with Crippen LogP contribution in [0, 0.1) is 17.1 Å². The molecule has 2 aromatic rings. The van der Waals surface area contributed by atoms with Crippen LogP contribution >= 0.6 is 0 Å². The normalized spacial score (nSPS) is 16.3. The number of phenols is 1. The summed E-state index contributed by atoms with van der Waals surface area (Å²) in [6.07, 6.45) is 0. The number of phenolic OH excluding ortho intramolecular Hbond substituents is 1. The van der Waals surface area contributed by atoms with E-state index in [0.717, 1.165) is 0 Å². The van der Waals surface area contributed by atoms with Gasteiger partial charge in [0.05, 0.1) is 18.1 Å². The number of nitriles is 1. The number of esters is 1. The maximum atomic E-state index is 13.3. The number of nitrogens with zero attached hydrogens (tertiary/aromatic N) is 1. The van der Waals surface area contributed by atoms with Crippen LogP contribution in [-0.2, 0) is 14.3 Å². The Morgan fingerprint density at radius 2 is 1.93 bits per heavy atom. The highest BCUT2D eigenvalue weighted by Gasteiger charge is 2.37. The molecular weight excluding hydrogens is 375 g/mol. The summed E-state index contributed by atoms with van der Waals surface area (Å²) in [6, 6.07) is 12.6. The summed E-state index contributed by atoms with van der Waals surface area (Å²) < 4.78 is 23.8. The Bertz CT molecular complexity index is 1070. The standard InChI is InChI=1S/C22H19FN2O4/c1-3-28-22(27)19-12(2)29-21(25)17(11-24)20(19)16-10-14(6-9-18(16)26)13-4-7-15(23)8-5-13/h4-10,20,26H,3,25H2,1-2H3. The zero-order chi connectivity index (χ0) is 21.1. The van der Waals surface area contributed by atoms with Crippen molar-refractivity contribution in [2.24, 2.45) is 5.73 Å². The summed E-state index contributed by atoms with van der Waals surface area (Å²) in [4.78, 5) is 12.6. The van der Waals surface area contributed by atoms with Crippen LogP contribution in [0.4, 0.5) is 4.39 Å². The number of hydrogen-bond acceptors (Lipinski definition) is 6. The molecule has 148 valence electrons. The quantitative estimate of drug-likeness (QED) is 0.763. The molecule has 0 radical (unpaired) electrons. The van der Waals surface area contributed by atoms with Gasteiger partial charge in [-0.25, -0.2) is 9.18 Å². The van der Waals surface area contributed by atoms with E-state index >= 15 is 0 Å². The number of aromatic hydroxyl groups is 1. The van der Waals surface area contributed by atoms with Crippen LogP contribution in [-0.4, -0.2) is 17.7 Å². The predicted molar refractivity (Wildman–Crippen MR) is 103 cm³/mol. The zero-order valence-corrected chi connectivity index (χ0v) is 15.9. The Labute approximate surface area is 167 Å². The van der Waals surface area contributed by atoms with Gasteiger partial charge in [0.15, 0.2) is 0 Å². The highest BCUT2D eigenvalue weighted by molar-refractivity contribution is 5.93. The van der Waals surface area contributed by atoms with Crippen LogP contribution in [0.5, 0.6) is 5.75 Å². The molecule has 0 amide bonds. The Morgan fingerprint density at radius 1 is 1.28 bits per heavy atom. The zero-order valence-electron chi connectivity index (χ0n) is 15.9. The number of benzene rings is 2. The third-order valence-electron chi connectivity index (χ3n) is 4.62. The molecule has 3 N–H and O–H groups in total. The van der Waals surface area contributed by atoms with Crippen molar-refractivity contribution in [1.82, 2.24) is 0 Å². The molecule has 1 unspecified atom stereocenters. The highest BCUT2D eigenvalue weighted by atomic mass is 19.1. The number of nitrogens with two attached hydrogens (primary N) is 1. The van der Waals surface area contributed by atoms with E-state index in [4.69, 9.17) is 15.2 Å². The second kappa shape index (κ2) is 8.07. The average molecular weight is 394 g/mol. The van der Waals surface area contributed by atoms with Gasteiger partial charge in [-0.1, -0.05) is 18.2 Å². The first-order chi connectivity index (χ1) is 13.9. The number of rotatable bonds is 4. The molecular formula is C22H19FN2O4. The summed E-state index contributed by atoms with van der Waals surface area (Å²) in [5.41, 5.74) is 7.62. The van der Waals surface area contributed by atoms with E-state index in [-0.39, 0.29) is 46.5 Å². The van der Waals surface area contributed by atoms with Crippen LogP contribution in [0.2, 0.25) is 0 Å². The highest BCUT2D eigenvalue weighted by Crippen LogP contribution is 2.43. The molecule has 6 nitrogen and oxygen atoms in total. The monoisotopic (exact) mass is 394 g/mol. The molecule has 0 aliphatic carbocycles. The van der Waals surface area contributed by atoms with Crippen molar-refractivity contribution >= 4 is 5.97 Å². The van der Waals surface area contributed by atoms with Crippen LogP contribution < -0.4 is 5.73 Å². The number of hydrogen-bond donors (Lipinski definition) is 2. The van der Waals surface area contributed by atoms with Gasteiger partial charge in [0, 0.05) is 5.56 Å². The van der Waals surface area contributed by atoms with Gasteiger partial charge in [0.1, 0.15) is 29.0 Å². The van der Waals surface area contributed by atoms with Crippen LogP contribution in [0.3, 0.4) is 0 Å². The van der Waals surface area contributed by atoms with Gasteiger partial charge in [0.25, 0.3) is 0 Å². The molecule has 29 heavy (non-hydrogen) atoms. The van der Waals surface area contributed by atoms with Gasteiger partial charge in [0.2, 0.25) is 5.88 Å². The van der Waals surface area contributed by atoms with E-state index in [9.17, 15) is 19.6 Å². The lowest BCUT2D eigenvalue weighted by Crippen LogP contribution is -2.25. The minimum atomic E-state index is -0.965. The SMILES string of the molecule is CCOC(=O)C1=C(C)OC(N)=C(C#N)C1c1cc(-c2ccc(F)cc2)ccc1O. The first-order valence-corrected chi connectivity index (χ1v) is 8.91. The molecule has 0 saturated carbocycles. The minimum Gasteiger partial charge on any atom is -0.508 e. The van der Waals surface area contributed by atoms with E-state index in [1.165, 1.54) is 18.2 Å². The van der Waals surface area contributed by atoms with Crippen LogP contribution in [0.25, 0.3) is 11.1 Å². The first kappa shape index (κ1) is 20.0. The summed E-state index contributed by atoms with van der Waals surface area (Å²) in [6.45, 7) is 3.33. The van der Waals surface area contributed by atoms with E-state index < -0.39 is 11.9 Å². The predicted octanol–water partition coefficient (Wildman–Crippen LogP) is 3.84. The van der Waals surface area contributed by atoms with Crippen LogP contribution in [0.15, 0.2) is 65.3 Å². The molecule has 2 aromatic carbocycles. The van der Waals surface area contributed by atoms with E-state index in [1.807, 2.05) is 6.07 Å². The lowest BCUT2D eigenvalue weighted by atomic mass is 9.81. The number of carbonyl (C=O) groups excluding carboxylic acids is 1. The topological polar surface area (TPSA) is 106 Å². The number of carbonyl (C=O) groups is 1. The lowest BCUT2D eigenvalue weighted by Gasteiger charge is -2.27. The van der Waals surface area contributed by atoms with Crippen molar-refractivity contribution in [3.63, 3.8) is 0 Å². The lowest BCUT2D eigenvalue weighted by molar-refractivity contribution is -0.139. The Balaban J connectivity index is 2.20.